The van der Waals surface area contributed by atoms with E-state index in [1.807, 2.05) is 0 Å². The first-order chi connectivity index (χ1) is 11.4. The fraction of sp³-hybridized carbons (Fsp3) is 0.500. The first kappa shape index (κ1) is 19.0. The van der Waals surface area contributed by atoms with Crippen molar-refractivity contribution in [2.24, 2.45) is 4.99 Å². The molecular weight excluding hydrogens is 339 g/mol. The molecule has 1 aliphatic rings. The first-order valence-electron chi connectivity index (χ1n) is 7.53. The van der Waals surface area contributed by atoms with Crippen LogP contribution in [0.1, 0.15) is 26.3 Å². The number of anilines is 1. The molecule has 0 saturated carbocycles. The zero-order valence-electron chi connectivity index (χ0n) is 14.1. The molecule has 1 amide bonds. The average molecular weight is 359 g/mol. The number of hydrogen-bond acceptors (Lipinski definition) is 5. The smallest absolute Gasteiger partial charge is 0.423 e. The van der Waals surface area contributed by atoms with Gasteiger partial charge < -0.3 is 15.2 Å². The van der Waals surface area contributed by atoms with E-state index in [1.165, 1.54) is 24.3 Å². The summed E-state index contributed by atoms with van der Waals surface area (Å²) in [5.74, 6) is -0.0296. The number of carbonyl (C=O) groups is 1. The van der Waals surface area contributed by atoms with Gasteiger partial charge in [-0.1, -0.05) is 12.1 Å². The predicted molar refractivity (Wildman–Crippen MR) is 86.2 cm³/mol. The third kappa shape index (κ3) is 4.41. The number of amidine groups is 1. The van der Waals surface area contributed by atoms with E-state index in [9.17, 15) is 18.0 Å². The predicted octanol–water partition coefficient (Wildman–Crippen LogP) is 2.98. The zero-order valence-corrected chi connectivity index (χ0v) is 14.1. The van der Waals surface area contributed by atoms with Crippen LogP contribution in [0.15, 0.2) is 29.3 Å². The number of nitrogen functional groups attached to an aromatic ring is 1. The van der Waals surface area contributed by atoms with Crippen molar-refractivity contribution in [2.75, 3.05) is 18.9 Å². The van der Waals surface area contributed by atoms with Crippen LogP contribution >= 0.6 is 0 Å². The van der Waals surface area contributed by atoms with Crippen molar-refractivity contribution in [1.29, 1.82) is 0 Å². The van der Waals surface area contributed by atoms with Crippen molar-refractivity contribution in [2.45, 2.75) is 38.1 Å². The quantitative estimate of drug-likeness (QED) is 0.755. The lowest BCUT2D eigenvalue weighted by molar-refractivity contribution is -0.278. The van der Waals surface area contributed by atoms with Crippen molar-refractivity contribution in [3.63, 3.8) is 0 Å². The lowest BCUT2D eigenvalue weighted by Gasteiger charge is -2.37. The molecule has 0 saturated heterocycles. The lowest BCUT2D eigenvalue weighted by Crippen LogP contribution is -2.53. The zero-order chi connectivity index (χ0) is 18.9. The highest BCUT2D eigenvalue weighted by Gasteiger charge is 2.58. The minimum atomic E-state index is -4.71. The van der Waals surface area contributed by atoms with Crippen LogP contribution in [0.3, 0.4) is 0 Å². The van der Waals surface area contributed by atoms with E-state index in [2.05, 4.69) is 10.3 Å². The van der Waals surface area contributed by atoms with Crippen molar-refractivity contribution in [3.05, 3.63) is 29.8 Å². The van der Waals surface area contributed by atoms with Gasteiger partial charge in [-0.3, -0.25) is 10.3 Å². The summed E-state index contributed by atoms with van der Waals surface area (Å²) in [5, 5.41) is 2.30. The molecule has 0 aliphatic carbocycles. The number of carbonyl (C=O) groups excluding carboxylic acids is 1. The number of amides is 1. The number of nitrogens with two attached hydrogens (primary N) is 1. The second-order valence-electron chi connectivity index (χ2n) is 6.63. The van der Waals surface area contributed by atoms with Gasteiger partial charge in [0.1, 0.15) is 18.0 Å². The highest BCUT2D eigenvalue weighted by molar-refractivity contribution is 5.96. The van der Waals surface area contributed by atoms with Crippen molar-refractivity contribution in [3.8, 4) is 0 Å². The van der Waals surface area contributed by atoms with Crippen molar-refractivity contribution >= 4 is 17.6 Å². The SMILES string of the molecule is CC(C)(C)OC(=O)NC1=NCC(c2cccc(N)c2)(C(F)(F)F)OC1. The van der Waals surface area contributed by atoms with Crippen LogP contribution in [0.5, 0.6) is 0 Å². The molecule has 1 atom stereocenters. The molecule has 0 aromatic heterocycles. The number of alkyl carbamates (subject to hydrolysis) is 1. The van der Waals surface area contributed by atoms with Crippen LogP contribution in [0.4, 0.5) is 23.7 Å². The summed E-state index contributed by atoms with van der Waals surface area (Å²) >= 11 is 0. The number of ether oxygens (including phenoxy) is 2. The van der Waals surface area contributed by atoms with Gasteiger partial charge in [-0.15, -0.1) is 0 Å². The number of nitrogens with one attached hydrogen (secondary N) is 1. The van der Waals surface area contributed by atoms with Gasteiger partial charge in [0, 0.05) is 5.69 Å². The van der Waals surface area contributed by atoms with E-state index >= 15 is 0 Å². The van der Waals surface area contributed by atoms with Gasteiger partial charge in [0.05, 0.1) is 6.54 Å². The van der Waals surface area contributed by atoms with Gasteiger partial charge in [-0.25, -0.2) is 4.79 Å². The molecule has 1 aliphatic heterocycles. The second kappa shape index (κ2) is 6.55. The molecule has 138 valence electrons. The van der Waals surface area contributed by atoms with Crippen LogP contribution in [0.25, 0.3) is 0 Å². The molecule has 1 heterocycles. The van der Waals surface area contributed by atoms with E-state index in [0.717, 1.165) is 0 Å². The normalized spacial score (nSPS) is 21.4. The minimum Gasteiger partial charge on any atom is -0.444 e. The largest absolute Gasteiger partial charge is 0.444 e. The van der Waals surface area contributed by atoms with Gasteiger partial charge in [-0.2, -0.15) is 13.2 Å². The monoisotopic (exact) mass is 359 g/mol. The van der Waals surface area contributed by atoms with Crippen molar-refractivity contribution < 1.29 is 27.4 Å². The van der Waals surface area contributed by atoms with Gasteiger partial charge in [-0.05, 0) is 38.5 Å². The van der Waals surface area contributed by atoms with Crippen LogP contribution in [0, 0.1) is 0 Å². The minimum absolute atomic E-state index is 0.0296. The molecule has 3 N–H and O–H groups in total. The Morgan fingerprint density at radius 1 is 1.36 bits per heavy atom. The maximum atomic E-state index is 13.7. The highest BCUT2D eigenvalue weighted by Crippen LogP contribution is 2.44. The number of alkyl halides is 3. The summed E-state index contributed by atoms with van der Waals surface area (Å²) < 4.78 is 51.2. The van der Waals surface area contributed by atoms with Gasteiger partial charge in [0.25, 0.3) is 0 Å². The molecule has 2 rings (SSSR count). The molecule has 1 unspecified atom stereocenters. The van der Waals surface area contributed by atoms with Crippen LogP contribution in [-0.2, 0) is 15.1 Å². The number of aliphatic imine (C=N–C) groups is 1. The molecule has 1 aromatic rings. The maximum absolute atomic E-state index is 13.7. The Labute approximate surface area is 143 Å². The number of hydrogen-bond donors (Lipinski definition) is 2. The number of rotatable bonds is 1. The number of halogens is 3. The molecule has 0 fully saturated rings. The maximum Gasteiger partial charge on any atom is 0.423 e. The highest BCUT2D eigenvalue weighted by atomic mass is 19.4. The third-order valence-electron chi connectivity index (χ3n) is 3.40. The molecule has 0 bridgehead atoms. The Hall–Kier alpha value is -2.29. The number of benzene rings is 1. The van der Waals surface area contributed by atoms with Crippen LogP contribution in [-0.4, -0.2) is 36.9 Å². The van der Waals surface area contributed by atoms with Gasteiger partial charge in [0.15, 0.2) is 0 Å². The lowest BCUT2D eigenvalue weighted by atomic mass is 9.91. The third-order valence-corrected chi connectivity index (χ3v) is 3.40. The molecule has 0 radical (unpaired) electrons. The molecule has 25 heavy (non-hydrogen) atoms. The molecule has 9 heteroatoms. The first-order valence-corrected chi connectivity index (χ1v) is 7.53. The molecule has 6 nitrogen and oxygen atoms in total. The summed E-state index contributed by atoms with van der Waals surface area (Å²) in [6, 6.07) is 5.38. The Morgan fingerprint density at radius 3 is 2.52 bits per heavy atom. The van der Waals surface area contributed by atoms with E-state index < -0.39 is 36.6 Å². The topological polar surface area (TPSA) is 85.9 Å². The average Bonchev–Trinajstić information content (AvgIpc) is 2.44. The van der Waals surface area contributed by atoms with Crippen LogP contribution in [0.2, 0.25) is 0 Å². The second-order valence-corrected chi connectivity index (χ2v) is 6.63. The van der Waals surface area contributed by atoms with E-state index in [1.54, 1.807) is 20.8 Å². The molecule has 1 aromatic carbocycles. The summed E-state index contributed by atoms with van der Waals surface area (Å²) in [4.78, 5) is 15.5. The summed E-state index contributed by atoms with van der Waals surface area (Å²) in [5.41, 5.74) is 2.29. The fourth-order valence-corrected chi connectivity index (χ4v) is 2.29. The summed E-state index contributed by atoms with van der Waals surface area (Å²) in [6.45, 7) is 3.75. The van der Waals surface area contributed by atoms with E-state index in [4.69, 9.17) is 15.2 Å². The summed E-state index contributed by atoms with van der Waals surface area (Å²) in [7, 11) is 0. The molecule has 0 spiro atoms. The Balaban J connectivity index is 2.22. The summed E-state index contributed by atoms with van der Waals surface area (Å²) in [6.07, 6.45) is -5.51. The van der Waals surface area contributed by atoms with Gasteiger partial charge >= 0.3 is 12.3 Å². The van der Waals surface area contributed by atoms with Crippen molar-refractivity contribution in [1.82, 2.24) is 5.32 Å². The van der Waals surface area contributed by atoms with E-state index in [0.29, 0.717) is 0 Å². The fourth-order valence-electron chi connectivity index (χ4n) is 2.29. The Morgan fingerprint density at radius 2 is 2.04 bits per heavy atom. The van der Waals surface area contributed by atoms with Crippen LogP contribution < -0.4 is 11.1 Å². The Bertz CT molecular complexity index is 683. The molecular formula is C16H20F3N3O3. The standard InChI is InChI=1S/C16H20F3N3O3/c1-14(2,3)25-13(23)22-12-8-24-15(9-21-12,16(17,18)19)10-5-4-6-11(20)7-10/h4-7H,8-9,20H2,1-3H3,(H,21,22,23). The number of nitrogens with zero attached hydrogens (tertiary/aromatic N) is 1. The Kier molecular flexibility index (Phi) is 4.99. The van der Waals surface area contributed by atoms with Gasteiger partial charge in [0.2, 0.25) is 5.60 Å². The van der Waals surface area contributed by atoms with E-state index in [-0.39, 0.29) is 17.1 Å².